The molecule has 3 nitrogen and oxygen atoms in total. The molecule has 1 heterocycles. The molecule has 0 unspecified atom stereocenters. The first-order valence-electron chi connectivity index (χ1n) is 11.2. The lowest BCUT2D eigenvalue weighted by Gasteiger charge is -2.31. The summed E-state index contributed by atoms with van der Waals surface area (Å²) in [6.07, 6.45) is 4.56. The number of nitrogens with one attached hydrogen (secondary N) is 2. The van der Waals surface area contributed by atoms with Crippen molar-refractivity contribution >= 4 is 40.1 Å². The fourth-order valence-corrected chi connectivity index (χ4v) is 5.62. The number of carbonyl (C=O) groups excluding carboxylic acids is 1. The van der Waals surface area contributed by atoms with Crippen LogP contribution in [-0.4, -0.2) is 10.9 Å². The molecule has 166 valence electrons. The van der Waals surface area contributed by atoms with Gasteiger partial charge in [-0.3, -0.25) is 4.79 Å². The first-order valence-corrected chi connectivity index (χ1v) is 12.4. The molecule has 1 fully saturated rings. The van der Waals surface area contributed by atoms with Gasteiger partial charge in [-0.25, -0.2) is 0 Å². The van der Waals surface area contributed by atoms with Gasteiger partial charge in [0.25, 0.3) is 0 Å². The van der Waals surface area contributed by atoms with E-state index in [4.69, 9.17) is 12.2 Å². The Morgan fingerprint density at radius 1 is 0.969 bits per heavy atom. The molecule has 1 aliphatic rings. The van der Waals surface area contributed by atoms with Gasteiger partial charge < -0.3 is 10.6 Å². The first kappa shape index (κ1) is 22.7. The molecule has 1 saturated carbocycles. The SMILES string of the molecule is CC(C)(C)c1ccc(C(=O)c2cccc(NC(=S)NC3(c4cccs4)CCCC3)c2)cc1. The number of hydrogen-bond acceptors (Lipinski definition) is 3. The Balaban J connectivity index is 1.47. The Kier molecular flexibility index (Phi) is 6.50. The van der Waals surface area contributed by atoms with Crippen LogP contribution in [0.15, 0.2) is 66.0 Å². The molecule has 1 aliphatic carbocycles. The van der Waals surface area contributed by atoms with E-state index in [-0.39, 0.29) is 16.7 Å². The number of carbonyl (C=O) groups is 1. The van der Waals surface area contributed by atoms with E-state index in [0.29, 0.717) is 16.2 Å². The Hall–Kier alpha value is -2.50. The van der Waals surface area contributed by atoms with Crippen LogP contribution in [0.3, 0.4) is 0 Å². The number of benzene rings is 2. The topological polar surface area (TPSA) is 41.1 Å². The lowest BCUT2D eigenvalue weighted by atomic mass is 9.86. The highest BCUT2D eigenvalue weighted by Crippen LogP contribution is 2.40. The van der Waals surface area contributed by atoms with Gasteiger partial charge in [-0.1, -0.05) is 76.1 Å². The fraction of sp³-hybridized carbons (Fsp3) is 0.333. The molecule has 3 aromatic rings. The summed E-state index contributed by atoms with van der Waals surface area (Å²) < 4.78 is 0. The van der Waals surface area contributed by atoms with Gasteiger partial charge >= 0.3 is 0 Å². The number of anilines is 1. The molecule has 0 aliphatic heterocycles. The van der Waals surface area contributed by atoms with Crippen LogP contribution in [0.5, 0.6) is 0 Å². The maximum absolute atomic E-state index is 13.1. The van der Waals surface area contributed by atoms with E-state index >= 15 is 0 Å². The molecule has 0 spiro atoms. The number of ketones is 1. The summed E-state index contributed by atoms with van der Waals surface area (Å²) >= 11 is 7.45. The van der Waals surface area contributed by atoms with Gasteiger partial charge in [0.1, 0.15) is 0 Å². The molecule has 32 heavy (non-hydrogen) atoms. The molecule has 0 bridgehead atoms. The summed E-state index contributed by atoms with van der Waals surface area (Å²) in [6, 6.07) is 19.8. The van der Waals surface area contributed by atoms with Crippen LogP contribution < -0.4 is 10.6 Å². The lowest BCUT2D eigenvalue weighted by Crippen LogP contribution is -2.45. The molecule has 0 saturated heterocycles. The average Bonchev–Trinajstić information content (AvgIpc) is 3.46. The van der Waals surface area contributed by atoms with E-state index in [1.165, 1.54) is 23.3 Å². The number of thiocarbonyl (C=S) groups is 1. The van der Waals surface area contributed by atoms with Crippen LogP contribution in [-0.2, 0) is 11.0 Å². The van der Waals surface area contributed by atoms with E-state index in [1.807, 2.05) is 48.5 Å². The van der Waals surface area contributed by atoms with E-state index in [1.54, 1.807) is 11.3 Å². The van der Waals surface area contributed by atoms with Crippen molar-refractivity contribution in [2.75, 3.05) is 5.32 Å². The highest BCUT2D eigenvalue weighted by molar-refractivity contribution is 7.80. The Morgan fingerprint density at radius 2 is 1.69 bits per heavy atom. The lowest BCUT2D eigenvalue weighted by molar-refractivity contribution is 0.103. The minimum Gasteiger partial charge on any atom is -0.352 e. The van der Waals surface area contributed by atoms with Crippen LogP contribution in [0.4, 0.5) is 5.69 Å². The second-order valence-corrected chi connectivity index (χ2v) is 10.9. The summed E-state index contributed by atoms with van der Waals surface area (Å²) in [7, 11) is 0. The molecule has 1 aromatic heterocycles. The average molecular weight is 463 g/mol. The molecule has 0 radical (unpaired) electrons. The van der Waals surface area contributed by atoms with Crippen molar-refractivity contribution in [1.29, 1.82) is 0 Å². The smallest absolute Gasteiger partial charge is 0.193 e. The predicted octanol–water partition coefficient (Wildman–Crippen LogP) is 7.03. The molecular formula is C27H30N2OS2. The van der Waals surface area contributed by atoms with Gasteiger partial charge in [0.2, 0.25) is 0 Å². The van der Waals surface area contributed by atoms with Crippen molar-refractivity contribution < 1.29 is 4.79 Å². The minimum atomic E-state index is -0.0829. The Bertz CT molecular complexity index is 1090. The van der Waals surface area contributed by atoms with Crippen LogP contribution in [0.1, 0.15) is 72.8 Å². The van der Waals surface area contributed by atoms with Crippen molar-refractivity contribution in [2.45, 2.75) is 57.4 Å². The minimum absolute atomic E-state index is 0.0128. The molecular weight excluding hydrogens is 432 g/mol. The zero-order chi connectivity index (χ0) is 22.8. The normalized spacial score (nSPS) is 15.3. The van der Waals surface area contributed by atoms with E-state index < -0.39 is 0 Å². The summed E-state index contributed by atoms with van der Waals surface area (Å²) in [5, 5.41) is 9.61. The standard InChI is InChI=1S/C27H30N2OS2/c1-26(2,3)21-13-11-19(12-14-21)24(30)20-8-6-9-22(18-20)28-25(31)29-27(15-4-5-16-27)23-10-7-17-32-23/h6-14,17-18H,4-5,15-16H2,1-3H3,(H2,28,29,31). The maximum atomic E-state index is 13.1. The van der Waals surface area contributed by atoms with Gasteiger partial charge in [0, 0.05) is 21.7 Å². The van der Waals surface area contributed by atoms with Crippen molar-refractivity contribution in [3.05, 3.63) is 87.6 Å². The molecule has 5 heteroatoms. The number of rotatable bonds is 5. The van der Waals surface area contributed by atoms with Crippen molar-refractivity contribution in [3.8, 4) is 0 Å². The van der Waals surface area contributed by atoms with Crippen LogP contribution in [0.2, 0.25) is 0 Å². The van der Waals surface area contributed by atoms with Crippen LogP contribution in [0.25, 0.3) is 0 Å². The van der Waals surface area contributed by atoms with Gasteiger partial charge in [-0.2, -0.15) is 0 Å². The van der Waals surface area contributed by atoms with Gasteiger partial charge in [0.15, 0.2) is 10.9 Å². The molecule has 0 atom stereocenters. The third-order valence-corrected chi connectivity index (χ3v) is 7.48. The highest BCUT2D eigenvalue weighted by atomic mass is 32.1. The highest BCUT2D eigenvalue weighted by Gasteiger charge is 2.37. The zero-order valence-electron chi connectivity index (χ0n) is 18.9. The summed E-state index contributed by atoms with van der Waals surface area (Å²) in [5.74, 6) is 0.0128. The van der Waals surface area contributed by atoms with E-state index in [2.05, 4.69) is 48.9 Å². The number of hydrogen-bond donors (Lipinski definition) is 2. The summed E-state index contributed by atoms with van der Waals surface area (Å²) in [4.78, 5) is 14.4. The Labute approximate surface area is 200 Å². The Morgan fingerprint density at radius 3 is 2.31 bits per heavy atom. The largest absolute Gasteiger partial charge is 0.352 e. The third-order valence-electron chi connectivity index (χ3n) is 6.20. The van der Waals surface area contributed by atoms with Gasteiger partial charge in [-0.15, -0.1) is 11.3 Å². The first-order chi connectivity index (χ1) is 15.3. The van der Waals surface area contributed by atoms with Gasteiger partial charge in [0.05, 0.1) is 5.54 Å². The molecule has 2 aromatic carbocycles. The van der Waals surface area contributed by atoms with Crippen LogP contribution in [0, 0.1) is 0 Å². The quantitative estimate of drug-likeness (QED) is 0.315. The van der Waals surface area contributed by atoms with Crippen molar-refractivity contribution in [2.24, 2.45) is 0 Å². The van der Waals surface area contributed by atoms with Crippen LogP contribution >= 0.6 is 23.6 Å². The summed E-state index contributed by atoms with van der Waals surface area (Å²) in [6.45, 7) is 6.51. The van der Waals surface area contributed by atoms with Crippen molar-refractivity contribution in [3.63, 3.8) is 0 Å². The fourth-order valence-electron chi connectivity index (χ4n) is 4.37. The maximum Gasteiger partial charge on any atom is 0.193 e. The second-order valence-electron chi connectivity index (χ2n) is 9.58. The predicted molar refractivity (Wildman–Crippen MR) is 139 cm³/mol. The second kappa shape index (κ2) is 9.16. The third kappa shape index (κ3) is 4.94. The van der Waals surface area contributed by atoms with E-state index in [9.17, 15) is 4.79 Å². The molecule has 0 amide bonds. The molecule has 4 rings (SSSR count). The van der Waals surface area contributed by atoms with Crippen molar-refractivity contribution in [1.82, 2.24) is 5.32 Å². The number of thiophene rings is 1. The van der Waals surface area contributed by atoms with Gasteiger partial charge in [-0.05, 0) is 59.6 Å². The van der Waals surface area contributed by atoms with E-state index in [0.717, 1.165) is 18.5 Å². The zero-order valence-corrected chi connectivity index (χ0v) is 20.5. The summed E-state index contributed by atoms with van der Waals surface area (Å²) in [5.41, 5.74) is 3.36. The monoisotopic (exact) mass is 462 g/mol. The molecule has 2 N–H and O–H groups in total.